The molecular weight excluding hydrogens is 226 g/mol. The molecule has 0 saturated carbocycles. The van der Waals surface area contributed by atoms with Crippen molar-refractivity contribution in [3.63, 3.8) is 0 Å². The molecule has 0 saturated heterocycles. The Kier molecular flexibility index (Phi) is 3.94. The molecule has 1 amide bonds. The zero-order valence-corrected chi connectivity index (χ0v) is 8.93. The number of carbonyl (C=O) groups excluding carboxylic acids is 1. The number of aromatic nitrogens is 1. The lowest BCUT2D eigenvalue weighted by atomic mass is 10.3. The van der Waals surface area contributed by atoms with E-state index in [9.17, 15) is 14.9 Å². The van der Waals surface area contributed by atoms with Crippen LogP contribution in [0.2, 0.25) is 0 Å². The molecule has 0 bridgehead atoms. The van der Waals surface area contributed by atoms with Crippen LogP contribution >= 0.6 is 0 Å². The Hall–Kier alpha value is -2.69. The summed E-state index contributed by atoms with van der Waals surface area (Å²) in [5.74, 6) is -0.372. The molecule has 1 rings (SSSR count). The molecule has 0 aromatic carbocycles. The zero-order valence-electron chi connectivity index (χ0n) is 8.93. The predicted octanol–water partition coefficient (Wildman–Crippen LogP) is 0.0194. The Morgan fingerprint density at radius 1 is 1.71 bits per heavy atom. The van der Waals surface area contributed by atoms with Gasteiger partial charge in [0.05, 0.1) is 17.0 Å². The summed E-state index contributed by atoms with van der Waals surface area (Å²) in [6.45, 7) is -0.129. The smallest absolute Gasteiger partial charge is 0.312 e. The standard InChI is InChI=1S/C9H9N5O3/c1-11-8(15)5-13-9-7(14(16)17)2-6(3-10)4-12-9/h2,4H,5H2,1H3,(H,11,15)(H,12,13). The lowest BCUT2D eigenvalue weighted by Gasteiger charge is -2.04. The number of nitrogens with zero attached hydrogens (tertiary/aromatic N) is 3. The number of nitro groups is 1. The fourth-order valence-corrected chi connectivity index (χ4v) is 1.04. The van der Waals surface area contributed by atoms with Crippen LogP contribution in [0.25, 0.3) is 0 Å². The van der Waals surface area contributed by atoms with Crippen LogP contribution in [0.5, 0.6) is 0 Å². The number of hydrogen-bond donors (Lipinski definition) is 2. The number of amides is 1. The van der Waals surface area contributed by atoms with E-state index in [4.69, 9.17) is 5.26 Å². The monoisotopic (exact) mass is 235 g/mol. The summed E-state index contributed by atoms with van der Waals surface area (Å²) in [6.07, 6.45) is 1.19. The van der Waals surface area contributed by atoms with Crippen molar-refractivity contribution >= 4 is 17.4 Å². The number of pyridine rings is 1. The molecule has 1 heterocycles. The van der Waals surface area contributed by atoms with E-state index in [1.165, 1.54) is 13.2 Å². The Morgan fingerprint density at radius 3 is 2.94 bits per heavy atom. The highest BCUT2D eigenvalue weighted by Crippen LogP contribution is 2.21. The quantitative estimate of drug-likeness (QED) is 0.560. The third-order valence-corrected chi connectivity index (χ3v) is 1.89. The summed E-state index contributed by atoms with van der Waals surface area (Å²) in [6, 6.07) is 2.85. The number of carbonyl (C=O) groups is 1. The van der Waals surface area contributed by atoms with Gasteiger partial charge in [-0.15, -0.1) is 0 Å². The van der Waals surface area contributed by atoms with Gasteiger partial charge in [0, 0.05) is 19.3 Å². The number of anilines is 1. The van der Waals surface area contributed by atoms with Crippen LogP contribution < -0.4 is 10.6 Å². The zero-order chi connectivity index (χ0) is 12.8. The van der Waals surface area contributed by atoms with Gasteiger partial charge in [0.2, 0.25) is 11.7 Å². The molecule has 0 aliphatic heterocycles. The van der Waals surface area contributed by atoms with E-state index in [2.05, 4.69) is 15.6 Å². The van der Waals surface area contributed by atoms with Crippen LogP contribution in [0.15, 0.2) is 12.3 Å². The van der Waals surface area contributed by atoms with E-state index in [0.717, 1.165) is 6.07 Å². The molecule has 88 valence electrons. The van der Waals surface area contributed by atoms with E-state index in [1.807, 2.05) is 0 Å². The first-order chi connectivity index (χ1) is 8.08. The summed E-state index contributed by atoms with van der Waals surface area (Å²) >= 11 is 0. The second-order valence-electron chi connectivity index (χ2n) is 2.99. The van der Waals surface area contributed by atoms with Gasteiger partial charge in [0.25, 0.3) is 0 Å². The maximum Gasteiger partial charge on any atom is 0.312 e. The highest BCUT2D eigenvalue weighted by molar-refractivity contribution is 5.80. The Bertz CT molecular complexity index is 494. The molecule has 1 aromatic rings. The van der Waals surface area contributed by atoms with Gasteiger partial charge in [-0.2, -0.15) is 5.26 Å². The minimum Gasteiger partial charge on any atom is -0.358 e. The van der Waals surface area contributed by atoms with Crippen LogP contribution in [0.1, 0.15) is 5.56 Å². The van der Waals surface area contributed by atoms with E-state index in [-0.39, 0.29) is 29.5 Å². The van der Waals surface area contributed by atoms with Gasteiger partial charge < -0.3 is 10.6 Å². The highest BCUT2D eigenvalue weighted by atomic mass is 16.6. The highest BCUT2D eigenvalue weighted by Gasteiger charge is 2.16. The lowest BCUT2D eigenvalue weighted by Crippen LogP contribution is -2.26. The second-order valence-corrected chi connectivity index (χ2v) is 2.99. The molecule has 2 N–H and O–H groups in total. The fraction of sp³-hybridized carbons (Fsp3) is 0.222. The van der Waals surface area contributed by atoms with Crippen molar-refractivity contribution in [3.05, 3.63) is 27.9 Å². The van der Waals surface area contributed by atoms with E-state index in [0.29, 0.717) is 0 Å². The summed E-state index contributed by atoms with van der Waals surface area (Å²) in [4.78, 5) is 24.7. The van der Waals surface area contributed by atoms with Crippen molar-refractivity contribution in [2.75, 3.05) is 18.9 Å². The third-order valence-electron chi connectivity index (χ3n) is 1.89. The Balaban J connectivity index is 2.95. The van der Waals surface area contributed by atoms with E-state index in [1.54, 1.807) is 6.07 Å². The number of hydrogen-bond acceptors (Lipinski definition) is 6. The average Bonchev–Trinajstić information content (AvgIpc) is 2.35. The Labute approximate surface area is 96.4 Å². The summed E-state index contributed by atoms with van der Waals surface area (Å²) in [5, 5.41) is 24.2. The molecule has 0 aliphatic carbocycles. The third kappa shape index (κ3) is 3.13. The maximum atomic E-state index is 11.0. The molecular formula is C9H9N5O3. The minimum absolute atomic E-state index is 0.0439. The van der Waals surface area contributed by atoms with Gasteiger partial charge in [-0.3, -0.25) is 14.9 Å². The molecule has 0 radical (unpaired) electrons. The van der Waals surface area contributed by atoms with Crippen molar-refractivity contribution in [3.8, 4) is 6.07 Å². The number of likely N-dealkylation sites (N-methyl/N-ethyl adjacent to an activating group) is 1. The molecule has 0 fully saturated rings. The van der Waals surface area contributed by atoms with Gasteiger partial charge in [-0.1, -0.05) is 0 Å². The van der Waals surface area contributed by atoms with Crippen LogP contribution in [0, 0.1) is 21.4 Å². The molecule has 17 heavy (non-hydrogen) atoms. The van der Waals surface area contributed by atoms with Crippen LogP contribution in [-0.4, -0.2) is 29.4 Å². The molecule has 0 aliphatic rings. The van der Waals surface area contributed by atoms with Crippen molar-refractivity contribution in [2.45, 2.75) is 0 Å². The van der Waals surface area contributed by atoms with Crippen molar-refractivity contribution in [2.24, 2.45) is 0 Å². The van der Waals surface area contributed by atoms with Crippen molar-refractivity contribution in [1.82, 2.24) is 10.3 Å². The average molecular weight is 235 g/mol. The molecule has 0 unspecified atom stereocenters. The molecule has 0 spiro atoms. The molecule has 1 aromatic heterocycles. The first-order valence-electron chi connectivity index (χ1n) is 4.57. The Morgan fingerprint density at radius 2 is 2.41 bits per heavy atom. The summed E-state index contributed by atoms with van der Waals surface area (Å²) in [5.41, 5.74) is -0.254. The molecule has 8 heteroatoms. The minimum atomic E-state index is -0.667. The van der Waals surface area contributed by atoms with Gasteiger partial charge in [-0.05, 0) is 0 Å². The van der Waals surface area contributed by atoms with Crippen LogP contribution in [-0.2, 0) is 4.79 Å². The summed E-state index contributed by atoms with van der Waals surface area (Å²) < 4.78 is 0. The normalized spacial score (nSPS) is 9.18. The molecule has 0 atom stereocenters. The van der Waals surface area contributed by atoms with E-state index < -0.39 is 4.92 Å². The van der Waals surface area contributed by atoms with Gasteiger partial charge >= 0.3 is 5.69 Å². The van der Waals surface area contributed by atoms with Gasteiger partial charge in [0.15, 0.2) is 0 Å². The number of nitrogens with one attached hydrogen (secondary N) is 2. The van der Waals surface area contributed by atoms with Crippen LogP contribution in [0.3, 0.4) is 0 Å². The number of rotatable bonds is 4. The van der Waals surface area contributed by atoms with Crippen molar-refractivity contribution < 1.29 is 9.72 Å². The SMILES string of the molecule is CNC(=O)CNc1ncc(C#N)cc1[N+](=O)[O-]. The van der Waals surface area contributed by atoms with Gasteiger partial charge in [-0.25, -0.2) is 4.98 Å². The van der Waals surface area contributed by atoms with Crippen LogP contribution in [0.4, 0.5) is 11.5 Å². The summed E-state index contributed by atoms with van der Waals surface area (Å²) in [7, 11) is 1.45. The largest absolute Gasteiger partial charge is 0.358 e. The predicted molar refractivity (Wildman–Crippen MR) is 58.2 cm³/mol. The molecule has 8 nitrogen and oxygen atoms in total. The fourth-order valence-electron chi connectivity index (χ4n) is 1.04. The first-order valence-corrected chi connectivity index (χ1v) is 4.57. The van der Waals surface area contributed by atoms with Gasteiger partial charge in [0.1, 0.15) is 6.07 Å². The van der Waals surface area contributed by atoms with Crippen molar-refractivity contribution in [1.29, 1.82) is 5.26 Å². The van der Waals surface area contributed by atoms with E-state index >= 15 is 0 Å². The second kappa shape index (κ2) is 5.41. The first kappa shape index (κ1) is 12.4. The lowest BCUT2D eigenvalue weighted by molar-refractivity contribution is -0.384. The topological polar surface area (TPSA) is 121 Å². The maximum absolute atomic E-state index is 11.0. The number of nitriles is 1.